The van der Waals surface area contributed by atoms with E-state index in [-0.39, 0.29) is 12.6 Å². The summed E-state index contributed by atoms with van der Waals surface area (Å²) in [5.41, 5.74) is 1.96. The van der Waals surface area contributed by atoms with Crippen LogP contribution in [-0.4, -0.2) is 58.8 Å². The minimum Gasteiger partial charge on any atom is -0.395 e. The highest BCUT2D eigenvalue weighted by Crippen LogP contribution is 2.18. The monoisotopic (exact) mass is 264 g/mol. The van der Waals surface area contributed by atoms with Crippen molar-refractivity contribution in [1.82, 2.24) is 14.9 Å². The van der Waals surface area contributed by atoms with Crippen molar-refractivity contribution < 1.29 is 5.11 Å². The van der Waals surface area contributed by atoms with E-state index >= 15 is 0 Å². The highest BCUT2D eigenvalue weighted by Gasteiger charge is 2.20. The normalized spacial score (nSPS) is 19.3. The Balaban J connectivity index is 2.08. The van der Waals surface area contributed by atoms with Gasteiger partial charge in [-0.1, -0.05) is 0 Å². The van der Waals surface area contributed by atoms with Crippen LogP contribution in [0.1, 0.15) is 24.7 Å². The topological polar surface area (TPSA) is 52.5 Å². The van der Waals surface area contributed by atoms with Crippen LogP contribution in [0.15, 0.2) is 6.20 Å². The van der Waals surface area contributed by atoms with Crippen molar-refractivity contribution in [1.29, 1.82) is 0 Å². The summed E-state index contributed by atoms with van der Waals surface area (Å²) in [7, 11) is 0. The molecule has 0 spiro atoms. The number of aromatic nitrogens is 2. The van der Waals surface area contributed by atoms with Gasteiger partial charge >= 0.3 is 0 Å². The standard InChI is InChI=1S/C14H24N4O/c1-11-9-15-13(3)14(16-11)18-6-4-5-17(7-8-18)12(2)10-19/h9,12,19H,4-8,10H2,1-3H3. The summed E-state index contributed by atoms with van der Waals surface area (Å²) in [5, 5.41) is 9.26. The smallest absolute Gasteiger partial charge is 0.150 e. The Morgan fingerprint density at radius 1 is 1.26 bits per heavy atom. The minimum absolute atomic E-state index is 0.225. The summed E-state index contributed by atoms with van der Waals surface area (Å²) in [6.07, 6.45) is 2.91. The van der Waals surface area contributed by atoms with Crippen molar-refractivity contribution in [2.45, 2.75) is 33.2 Å². The Bertz CT molecular complexity index is 424. The summed E-state index contributed by atoms with van der Waals surface area (Å²) in [5.74, 6) is 1.01. The molecule has 1 atom stereocenters. The molecule has 0 bridgehead atoms. The molecule has 0 aromatic carbocycles. The van der Waals surface area contributed by atoms with E-state index in [9.17, 15) is 5.11 Å². The van der Waals surface area contributed by atoms with Crippen LogP contribution in [0.3, 0.4) is 0 Å². The first-order valence-electron chi connectivity index (χ1n) is 7.02. The van der Waals surface area contributed by atoms with Crippen LogP contribution in [0.2, 0.25) is 0 Å². The van der Waals surface area contributed by atoms with Crippen molar-refractivity contribution in [2.24, 2.45) is 0 Å². The van der Waals surface area contributed by atoms with Gasteiger partial charge in [-0.2, -0.15) is 0 Å². The second-order valence-electron chi connectivity index (χ2n) is 5.33. The molecule has 0 saturated carbocycles. The van der Waals surface area contributed by atoms with E-state index in [2.05, 4.69) is 26.7 Å². The third kappa shape index (κ3) is 3.42. The molecule has 0 radical (unpaired) electrons. The Morgan fingerprint density at radius 2 is 2.05 bits per heavy atom. The van der Waals surface area contributed by atoms with Crippen LogP contribution in [0.5, 0.6) is 0 Å². The molecule has 5 heteroatoms. The van der Waals surface area contributed by atoms with E-state index in [4.69, 9.17) is 0 Å². The van der Waals surface area contributed by atoms with Crippen LogP contribution in [-0.2, 0) is 0 Å². The third-order valence-corrected chi connectivity index (χ3v) is 3.77. The maximum atomic E-state index is 9.26. The zero-order valence-electron chi connectivity index (χ0n) is 12.1. The van der Waals surface area contributed by atoms with Gasteiger partial charge < -0.3 is 10.0 Å². The number of hydrogen-bond acceptors (Lipinski definition) is 5. The summed E-state index contributed by atoms with van der Waals surface area (Å²) in [6.45, 7) is 10.3. The molecule has 19 heavy (non-hydrogen) atoms. The molecule has 1 unspecified atom stereocenters. The highest BCUT2D eigenvalue weighted by atomic mass is 16.3. The average Bonchev–Trinajstić information content (AvgIpc) is 2.66. The SMILES string of the molecule is Cc1cnc(C)c(N2CCCN(C(C)CO)CC2)n1. The van der Waals surface area contributed by atoms with E-state index in [0.29, 0.717) is 0 Å². The number of aryl methyl sites for hydroxylation is 2. The first-order valence-corrected chi connectivity index (χ1v) is 7.02. The van der Waals surface area contributed by atoms with Gasteiger partial charge in [-0.15, -0.1) is 0 Å². The fourth-order valence-corrected chi connectivity index (χ4v) is 2.53. The van der Waals surface area contributed by atoms with Gasteiger partial charge in [0.1, 0.15) is 5.82 Å². The minimum atomic E-state index is 0.225. The summed E-state index contributed by atoms with van der Waals surface area (Å²) < 4.78 is 0. The van der Waals surface area contributed by atoms with E-state index in [1.54, 1.807) is 0 Å². The van der Waals surface area contributed by atoms with Gasteiger partial charge in [0.15, 0.2) is 0 Å². The largest absolute Gasteiger partial charge is 0.395 e. The highest BCUT2D eigenvalue weighted by molar-refractivity contribution is 5.43. The molecule has 1 aliphatic heterocycles. The number of anilines is 1. The second kappa shape index (κ2) is 6.30. The maximum Gasteiger partial charge on any atom is 0.150 e. The van der Waals surface area contributed by atoms with Gasteiger partial charge in [0.05, 0.1) is 18.0 Å². The second-order valence-corrected chi connectivity index (χ2v) is 5.33. The zero-order valence-corrected chi connectivity index (χ0v) is 12.1. The van der Waals surface area contributed by atoms with Crippen molar-refractivity contribution in [3.63, 3.8) is 0 Å². The van der Waals surface area contributed by atoms with Gasteiger partial charge in [0, 0.05) is 38.4 Å². The Kier molecular flexibility index (Phi) is 4.71. The molecule has 0 amide bonds. The van der Waals surface area contributed by atoms with Gasteiger partial charge in [0.2, 0.25) is 0 Å². The van der Waals surface area contributed by atoms with E-state index in [0.717, 1.165) is 49.8 Å². The molecule has 1 saturated heterocycles. The van der Waals surface area contributed by atoms with Gasteiger partial charge in [0.25, 0.3) is 0 Å². The van der Waals surface area contributed by atoms with Crippen LogP contribution in [0.4, 0.5) is 5.82 Å². The molecule has 1 aliphatic rings. The number of hydrogen-bond donors (Lipinski definition) is 1. The van der Waals surface area contributed by atoms with Crippen molar-refractivity contribution in [3.8, 4) is 0 Å². The maximum absolute atomic E-state index is 9.26. The molecule has 1 fully saturated rings. The van der Waals surface area contributed by atoms with Gasteiger partial charge in [-0.3, -0.25) is 9.88 Å². The van der Waals surface area contributed by atoms with Gasteiger partial charge in [-0.25, -0.2) is 4.98 Å². The fourth-order valence-electron chi connectivity index (χ4n) is 2.53. The number of aliphatic hydroxyl groups excluding tert-OH is 1. The lowest BCUT2D eigenvalue weighted by atomic mass is 10.3. The molecule has 0 aliphatic carbocycles. The predicted octanol–water partition coefficient (Wildman–Crippen LogP) is 0.986. The van der Waals surface area contributed by atoms with Crippen LogP contribution in [0.25, 0.3) is 0 Å². The van der Waals surface area contributed by atoms with Crippen molar-refractivity contribution in [3.05, 3.63) is 17.6 Å². The first-order chi connectivity index (χ1) is 9.11. The van der Waals surface area contributed by atoms with Crippen molar-refractivity contribution >= 4 is 5.82 Å². The Labute approximate surface area is 115 Å². The molecular weight excluding hydrogens is 240 g/mol. The summed E-state index contributed by atoms with van der Waals surface area (Å²) in [4.78, 5) is 13.7. The quantitative estimate of drug-likeness (QED) is 0.882. The summed E-state index contributed by atoms with van der Waals surface area (Å²) in [6, 6.07) is 0.240. The van der Waals surface area contributed by atoms with E-state index < -0.39 is 0 Å². The van der Waals surface area contributed by atoms with E-state index in [1.807, 2.05) is 20.0 Å². The number of aliphatic hydroxyl groups is 1. The molecule has 5 nitrogen and oxygen atoms in total. The average molecular weight is 264 g/mol. The first kappa shape index (κ1) is 14.2. The molecule has 1 aromatic heterocycles. The van der Waals surface area contributed by atoms with Crippen LogP contribution < -0.4 is 4.90 Å². The fraction of sp³-hybridized carbons (Fsp3) is 0.714. The molecule has 1 aromatic rings. The van der Waals surface area contributed by atoms with Crippen LogP contribution in [0, 0.1) is 13.8 Å². The molecular formula is C14H24N4O. The van der Waals surface area contributed by atoms with Gasteiger partial charge in [-0.05, 0) is 27.2 Å². The van der Waals surface area contributed by atoms with Crippen molar-refractivity contribution in [2.75, 3.05) is 37.7 Å². The summed E-state index contributed by atoms with van der Waals surface area (Å²) >= 11 is 0. The lowest BCUT2D eigenvalue weighted by Crippen LogP contribution is -2.38. The predicted molar refractivity (Wildman–Crippen MR) is 76.5 cm³/mol. The molecule has 106 valence electrons. The van der Waals surface area contributed by atoms with Crippen LogP contribution >= 0.6 is 0 Å². The number of rotatable bonds is 3. The lowest BCUT2D eigenvalue weighted by Gasteiger charge is -2.26. The number of nitrogens with zero attached hydrogens (tertiary/aromatic N) is 4. The Morgan fingerprint density at radius 3 is 2.79 bits per heavy atom. The Hall–Kier alpha value is -1.20. The molecule has 2 heterocycles. The zero-order chi connectivity index (χ0) is 13.8. The molecule has 1 N–H and O–H groups in total. The lowest BCUT2D eigenvalue weighted by molar-refractivity contribution is 0.141. The third-order valence-electron chi connectivity index (χ3n) is 3.77. The molecule has 2 rings (SSSR count). The van der Waals surface area contributed by atoms with E-state index in [1.165, 1.54) is 0 Å².